The number of fused-ring (bicyclic) bond motifs is 1. The molecule has 0 aliphatic carbocycles. The second kappa shape index (κ2) is 8.71. The number of nitrogens with one attached hydrogen (secondary N) is 1. The van der Waals surface area contributed by atoms with Crippen LogP contribution in [0.5, 0.6) is 17.2 Å². The molecule has 0 bridgehead atoms. The summed E-state index contributed by atoms with van der Waals surface area (Å²) < 4.78 is 17.1. The maximum atomic E-state index is 11.8. The van der Waals surface area contributed by atoms with Gasteiger partial charge in [-0.05, 0) is 44.5 Å². The molecule has 1 aliphatic rings. The summed E-state index contributed by atoms with van der Waals surface area (Å²) in [5, 5.41) is 2.70. The first-order valence-corrected chi connectivity index (χ1v) is 9.28. The number of amides is 1. The highest BCUT2D eigenvalue weighted by Gasteiger charge is 2.32. The molecular formula is C23H25NO4. The van der Waals surface area contributed by atoms with E-state index in [4.69, 9.17) is 14.2 Å². The number of hydrogen-bond acceptors (Lipinski definition) is 4. The maximum absolute atomic E-state index is 11.8. The molecule has 2 aromatic carbocycles. The van der Waals surface area contributed by atoms with Crippen molar-refractivity contribution in [1.82, 2.24) is 5.32 Å². The predicted octanol–water partition coefficient (Wildman–Crippen LogP) is 3.29. The van der Waals surface area contributed by atoms with Crippen LogP contribution in [-0.2, 0) is 11.2 Å². The molecule has 0 unspecified atom stereocenters. The lowest BCUT2D eigenvalue weighted by Crippen LogP contribution is -2.29. The predicted molar refractivity (Wildman–Crippen MR) is 108 cm³/mol. The van der Waals surface area contributed by atoms with Gasteiger partial charge < -0.3 is 19.5 Å². The molecule has 1 amide bonds. The zero-order chi connectivity index (χ0) is 20.0. The number of ether oxygens (including phenoxy) is 3. The van der Waals surface area contributed by atoms with Crippen molar-refractivity contribution in [3.05, 3.63) is 53.6 Å². The molecule has 0 spiro atoms. The quantitative estimate of drug-likeness (QED) is 0.783. The first-order chi connectivity index (χ1) is 13.4. The minimum absolute atomic E-state index is 0.0368. The first kappa shape index (κ1) is 19.6. The summed E-state index contributed by atoms with van der Waals surface area (Å²) in [4.78, 5) is 11.8. The van der Waals surface area contributed by atoms with Crippen LogP contribution in [0, 0.1) is 18.8 Å². The van der Waals surface area contributed by atoms with Gasteiger partial charge in [-0.25, -0.2) is 0 Å². The molecule has 2 aromatic rings. The van der Waals surface area contributed by atoms with Crippen LogP contribution >= 0.6 is 0 Å². The van der Waals surface area contributed by atoms with E-state index in [-0.39, 0.29) is 31.3 Å². The smallest absolute Gasteiger partial charge is 0.258 e. The van der Waals surface area contributed by atoms with Crippen LogP contribution in [0.3, 0.4) is 0 Å². The molecule has 28 heavy (non-hydrogen) atoms. The van der Waals surface area contributed by atoms with Gasteiger partial charge in [0.2, 0.25) is 0 Å². The molecule has 0 aromatic heterocycles. The third-order valence-electron chi connectivity index (χ3n) is 4.21. The van der Waals surface area contributed by atoms with Crippen LogP contribution in [0.25, 0.3) is 0 Å². The Hall–Kier alpha value is -3.13. The second-order valence-electron chi connectivity index (χ2n) is 7.31. The molecule has 146 valence electrons. The largest absolute Gasteiger partial charge is 0.484 e. The highest BCUT2D eigenvalue weighted by molar-refractivity contribution is 5.77. The minimum atomic E-state index is -0.215. The molecular weight excluding hydrogens is 354 g/mol. The first-order valence-electron chi connectivity index (χ1n) is 9.28. The van der Waals surface area contributed by atoms with Crippen LogP contribution in [-0.4, -0.2) is 31.3 Å². The molecule has 3 rings (SSSR count). The van der Waals surface area contributed by atoms with Crippen LogP contribution in [0.2, 0.25) is 0 Å². The number of carbonyl (C=O) groups excluding carboxylic acids is 1. The van der Waals surface area contributed by atoms with E-state index in [2.05, 4.69) is 37.1 Å². The van der Waals surface area contributed by atoms with Crippen molar-refractivity contribution in [2.45, 2.75) is 32.8 Å². The molecule has 0 radical (unpaired) electrons. The van der Waals surface area contributed by atoms with E-state index in [0.29, 0.717) is 11.5 Å². The van der Waals surface area contributed by atoms with E-state index in [1.807, 2.05) is 43.3 Å². The summed E-state index contributed by atoms with van der Waals surface area (Å²) >= 11 is 0. The average Bonchev–Trinajstić information content (AvgIpc) is 2.97. The van der Waals surface area contributed by atoms with Crippen LogP contribution < -0.4 is 19.5 Å². The lowest BCUT2D eigenvalue weighted by atomic mass is 10.0. The summed E-state index contributed by atoms with van der Waals surface area (Å²) in [5.74, 6) is 7.74. The number of aryl methyl sites for hydroxylation is 1. The maximum Gasteiger partial charge on any atom is 0.258 e. The number of rotatable bonds is 6. The minimum Gasteiger partial charge on any atom is -0.484 e. The van der Waals surface area contributed by atoms with Crippen molar-refractivity contribution >= 4 is 5.91 Å². The molecule has 1 aliphatic heterocycles. The van der Waals surface area contributed by atoms with Gasteiger partial charge in [-0.15, -0.1) is 0 Å². The molecule has 1 N–H and O–H groups in total. The van der Waals surface area contributed by atoms with Crippen molar-refractivity contribution in [3.8, 4) is 29.1 Å². The van der Waals surface area contributed by atoms with Crippen molar-refractivity contribution in [2.75, 3.05) is 19.8 Å². The fourth-order valence-corrected chi connectivity index (χ4v) is 2.98. The van der Waals surface area contributed by atoms with Crippen LogP contribution in [0.15, 0.2) is 42.5 Å². The summed E-state index contributed by atoms with van der Waals surface area (Å²) in [6, 6.07) is 13.5. The SMILES string of the molecule is Cc1cccc(OCC(=O)NCC#CCOc2cccc3c2OC(C)(C)C3)c1. The zero-order valence-corrected chi connectivity index (χ0v) is 16.5. The van der Waals surface area contributed by atoms with Gasteiger partial charge in [0.15, 0.2) is 18.1 Å². The molecule has 1 heterocycles. The summed E-state index contributed by atoms with van der Waals surface area (Å²) in [6.45, 7) is 6.53. The number of hydrogen-bond donors (Lipinski definition) is 1. The summed E-state index contributed by atoms with van der Waals surface area (Å²) in [7, 11) is 0. The normalized spacial score (nSPS) is 13.5. The third-order valence-corrected chi connectivity index (χ3v) is 4.21. The Morgan fingerprint density at radius 2 is 2.00 bits per heavy atom. The summed E-state index contributed by atoms with van der Waals surface area (Å²) in [6.07, 6.45) is 0.863. The van der Waals surface area contributed by atoms with Gasteiger partial charge in [0.05, 0.1) is 6.54 Å². The lowest BCUT2D eigenvalue weighted by Gasteiger charge is -2.17. The Bertz CT molecular complexity index is 908. The molecule has 5 nitrogen and oxygen atoms in total. The number of benzene rings is 2. The number of para-hydroxylation sites is 1. The second-order valence-corrected chi connectivity index (χ2v) is 7.31. The van der Waals surface area contributed by atoms with Crippen LogP contribution in [0.4, 0.5) is 0 Å². The van der Waals surface area contributed by atoms with Crippen molar-refractivity contribution in [1.29, 1.82) is 0 Å². The highest BCUT2D eigenvalue weighted by atomic mass is 16.5. The van der Waals surface area contributed by atoms with E-state index in [9.17, 15) is 4.79 Å². The fraction of sp³-hybridized carbons (Fsp3) is 0.348. The Morgan fingerprint density at radius 1 is 1.18 bits per heavy atom. The van der Waals surface area contributed by atoms with E-state index >= 15 is 0 Å². The topological polar surface area (TPSA) is 56.8 Å². The van der Waals surface area contributed by atoms with Gasteiger partial charge in [0, 0.05) is 12.0 Å². The van der Waals surface area contributed by atoms with Gasteiger partial charge >= 0.3 is 0 Å². The van der Waals surface area contributed by atoms with E-state index in [0.717, 1.165) is 23.3 Å². The molecule has 0 saturated carbocycles. The molecule has 5 heteroatoms. The average molecular weight is 379 g/mol. The Balaban J connectivity index is 1.38. The lowest BCUT2D eigenvalue weighted by molar-refractivity contribution is -0.122. The highest BCUT2D eigenvalue weighted by Crippen LogP contribution is 2.41. The molecule has 0 saturated heterocycles. The number of carbonyl (C=O) groups is 1. The van der Waals surface area contributed by atoms with Gasteiger partial charge in [-0.3, -0.25) is 4.79 Å². The fourth-order valence-electron chi connectivity index (χ4n) is 2.98. The third kappa shape index (κ3) is 5.43. The standard InChI is InChI=1S/C23H25NO4/c1-17-8-6-10-19(14-17)27-16-21(25)24-12-4-5-13-26-20-11-7-9-18-15-23(2,3)28-22(18)20/h6-11,14H,12-13,15-16H2,1-3H3,(H,24,25). The Morgan fingerprint density at radius 3 is 2.82 bits per heavy atom. The molecule has 0 fully saturated rings. The van der Waals surface area contributed by atoms with E-state index in [1.165, 1.54) is 0 Å². The van der Waals surface area contributed by atoms with Gasteiger partial charge in [-0.1, -0.05) is 36.1 Å². The monoisotopic (exact) mass is 379 g/mol. The van der Waals surface area contributed by atoms with E-state index < -0.39 is 0 Å². The van der Waals surface area contributed by atoms with Crippen LogP contribution in [0.1, 0.15) is 25.0 Å². The summed E-state index contributed by atoms with van der Waals surface area (Å²) in [5.41, 5.74) is 2.02. The Labute approximate surface area is 166 Å². The van der Waals surface area contributed by atoms with Gasteiger partial charge in [-0.2, -0.15) is 0 Å². The van der Waals surface area contributed by atoms with Crippen molar-refractivity contribution in [3.63, 3.8) is 0 Å². The van der Waals surface area contributed by atoms with Crippen molar-refractivity contribution in [2.24, 2.45) is 0 Å². The van der Waals surface area contributed by atoms with Crippen molar-refractivity contribution < 1.29 is 19.0 Å². The zero-order valence-electron chi connectivity index (χ0n) is 16.5. The molecule has 0 atom stereocenters. The van der Waals surface area contributed by atoms with Gasteiger partial charge in [0.1, 0.15) is 18.0 Å². The Kier molecular flexibility index (Phi) is 6.10. The van der Waals surface area contributed by atoms with Gasteiger partial charge in [0.25, 0.3) is 5.91 Å². The van der Waals surface area contributed by atoms with E-state index in [1.54, 1.807) is 0 Å².